The monoisotopic (exact) mass is 602 g/mol. The van der Waals surface area contributed by atoms with E-state index in [0.29, 0.717) is 30.4 Å². The molecule has 0 aliphatic carbocycles. The molecule has 2 aromatic heterocycles. The summed E-state index contributed by atoms with van der Waals surface area (Å²) < 4.78 is 32.3. The van der Waals surface area contributed by atoms with Crippen molar-refractivity contribution in [3.63, 3.8) is 0 Å². The van der Waals surface area contributed by atoms with E-state index in [2.05, 4.69) is 10.3 Å². The fourth-order valence-electron chi connectivity index (χ4n) is 3.57. The van der Waals surface area contributed by atoms with Crippen LogP contribution in [-0.2, 0) is 21.3 Å². The van der Waals surface area contributed by atoms with E-state index in [0.717, 1.165) is 17.0 Å². The van der Waals surface area contributed by atoms with Crippen molar-refractivity contribution in [3.8, 4) is 5.75 Å². The van der Waals surface area contributed by atoms with Gasteiger partial charge in [-0.05, 0) is 53.8 Å². The number of halogens is 2. The minimum Gasteiger partial charge on any atom is -0.387 e. The third-order valence-electron chi connectivity index (χ3n) is 5.32. The Hall–Kier alpha value is -2.97. The lowest BCUT2D eigenvalue weighted by atomic mass is 10.1. The minimum atomic E-state index is -4.42. The molecule has 0 radical (unpaired) electrons. The normalized spacial score (nSPS) is 12.1. The number of nitrogens with one attached hydrogen (secondary N) is 1. The highest BCUT2D eigenvalue weighted by Gasteiger charge is 2.36. The Morgan fingerprint density at radius 1 is 1.16 bits per heavy atom. The standard InChI is InChI=1S/C23H24Cl2N4O7S2/c24-8-10-28(11-9-25)17-2-4-18(5-3-17)36-38(34,35)20(19-7-12-37-23(19)29(32)33)13-16-1-6-21(26-14-16)27-22(31)15-30/h1-7,12,14,20,30H,8-11,13,15H2,(H,26,27,31). The van der Waals surface area contributed by atoms with E-state index in [9.17, 15) is 23.3 Å². The number of aliphatic hydroxyl groups is 1. The molecule has 204 valence electrons. The molecule has 38 heavy (non-hydrogen) atoms. The van der Waals surface area contributed by atoms with Gasteiger partial charge in [0.1, 0.15) is 23.4 Å². The smallest absolute Gasteiger partial charge is 0.328 e. The van der Waals surface area contributed by atoms with Crippen LogP contribution in [0.5, 0.6) is 5.75 Å². The summed E-state index contributed by atoms with van der Waals surface area (Å²) in [6, 6.07) is 10.7. The zero-order chi connectivity index (χ0) is 27.7. The summed E-state index contributed by atoms with van der Waals surface area (Å²) in [6.07, 6.45) is 1.16. The van der Waals surface area contributed by atoms with Crippen molar-refractivity contribution in [1.29, 1.82) is 0 Å². The lowest BCUT2D eigenvalue weighted by Gasteiger charge is -2.23. The zero-order valence-electron chi connectivity index (χ0n) is 19.8. The van der Waals surface area contributed by atoms with Crippen LogP contribution in [0.2, 0.25) is 0 Å². The van der Waals surface area contributed by atoms with E-state index in [4.69, 9.17) is 32.5 Å². The van der Waals surface area contributed by atoms with Crippen LogP contribution < -0.4 is 14.4 Å². The molecule has 0 saturated carbocycles. The first-order valence-electron chi connectivity index (χ1n) is 11.2. The number of anilines is 2. The Kier molecular flexibility index (Phi) is 10.7. The van der Waals surface area contributed by atoms with Crippen molar-refractivity contribution in [2.24, 2.45) is 0 Å². The Balaban J connectivity index is 1.89. The second kappa shape index (κ2) is 13.7. The van der Waals surface area contributed by atoms with Gasteiger partial charge in [-0.2, -0.15) is 8.42 Å². The van der Waals surface area contributed by atoms with E-state index in [1.54, 1.807) is 12.1 Å². The van der Waals surface area contributed by atoms with Crippen molar-refractivity contribution in [2.75, 3.05) is 41.7 Å². The molecule has 1 aromatic carbocycles. The molecule has 0 aliphatic rings. The summed E-state index contributed by atoms with van der Waals surface area (Å²) in [7, 11) is -4.42. The van der Waals surface area contributed by atoms with Crippen LogP contribution in [0.15, 0.2) is 54.0 Å². The van der Waals surface area contributed by atoms with Gasteiger partial charge in [0.2, 0.25) is 0 Å². The number of carbonyl (C=O) groups excluding carboxylic acids is 1. The van der Waals surface area contributed by atoms with Gasteiger partial charge in [-0.1, -0.05) is 17.4 Å². The lowest BCUT2D eigenvalue weighted by molar-refractivity contribution is -0.380. The number of alkyl halides is 2. The van der Waals surface area contributed by atoms with Crippen molar-refractivity contribution in [3.05, 3.63) is 75.3 Å². The summed E-state index contributed by atoms with van der Waals surface area (Å²) in [5.41, 5.74) is 1.20. The molecule has 2 heterocycles. The molecule has 3 rings (SSSR count). The molecule has 0 bridgehead atoms. The summed E-state index contributed by atoms with van der Waals surface area (Å²) in [5.74, 6) is 0.297. The van der Waals surface area contributed by atoms with Gasteiger partial charge in [-0.25, -0.2) is 4.98 Å². The average molecular weight is 604 g/mol. The Labute approximate surface area is 233 Å². The second-order valence-electron chi connectivity index (χ2n) is 7.82. The number of carbonyl (C=O) groups is 1. The zero-order valence-corrected chi connectivity index (χ0v) is 23.0. The van der Waals surface area contributed by atoms with E-state index >= 15 is 0 Å². The van der Waals surface area contributed by atoms with Crippen molar-refractivity contribution in [1.82, 2.24) is 4.98 Å². The van der Waals surface area contributed by atoms with Crippen LogP contribution in [0, 0.1) is 10.1 Å². The highest BCUT2D eigenvalue weighted by atomic mass is 35.5. The fraction of sp³-hybridized carbons (Fsp3) is 0.304. The molecule has 1 atom stereocenters. The third-order valence-corrected chi connectivity index (χ3v) is 8.08. The first kappa shape index (κ1) is 29.6. The topological polar surface area (TPSA) is 152 Å². The van der Waals surface area contributed by atoms with Crippen LogP contribution in [0.25, 0.3) is 0 Å². The number of pyridine rings is 1. The van der Waals surface area contributed by atoms with Gasteiger partial charge >= 0.3 is 15.1 Å². The maximum absolute atomic E-state index is 13.5. The molecule has 3 aromatic rings. The van der Waals surface area contributed by atoms with Gasteiger partial charge in [0.25, 0.3) is 5.91 Å². The fourth-order valence-corrected chi connectivity index (χ4v) is 6.22. The molecule has 2 N–H and O–H groups in total. The van der Waals surface area contributed by atoms with Gasteiger partial charge in [-0.15, -0.1) is 23.2 Å². The predicted molar refractivity (Wildman–Crippen MR) is 147 cm³/mol. The van der Waals surface area contributed by atoms with Gasteiger partial charge < -0.3 is 19.5 Å². The van der Waals surface area contributed by atoms with Gasteiger partial charge in [-0.3, -0.25) is 14.9 Å². The number of rotatable bonds is 14. The number of aliphatic hydroxyl groups excluding tert-OH is 1. The van der Waals surface area contributed by atoms with Crippen LogP contribution in [-0.4, -0.2) is 60.8 Å². The maximum Gasteiger partial charge on any atom is 0.328 e. The number of hydrogen-bond donors (Lipinski definition) is 2. The summed E-state index contributed by atoms with van der Waals surface area (Å²) in [6.45, 7) is 0.377. The maximum atomic E-state index is 13.5. The van der Waals surface area contributed by atoms with Crippen LogP contribution in [0.4, 0.5) is 16.5 Å². The van der Waals surface area contributed by atoms with Gasteiger partial charge in [0, 0.05) is 36.7 Å². The Morgan fingerprint density at radius 3 is 2.39 bits per heavy atom. The number of hydrogen-bond acceptors (Lipinski definition) is 10. The summed E-state index contributed by atoms with van der Waals surface area (Å²) in [4.78, 5) is 28.3. The summed E-state index contributed by atoms with van der Waals surface area (Å²) in [5, 5.41) is 22.5. The van der Waals surface area contributed by atoms with E-state index in [-0.39, 0.29) is 28.6 Å². The molecule has 0 aliphatic heterocycles. The number of aromatic nitrogens is 1. The first-order chi connectivity index (χ1) is 18.2. The van der Waals surface area contributed by atoms with Gasteiger partial charge in [0.05, 0.1) is 10.5 Å². The molecule has 11 nitrogen and oxygen atoms in total. The molecule has 15 heteroatoms. The van der Waals surface area contributed by atoms with Crippen LogP contribution in [0.3, 0.4) is 0 Å². The molecular weight excluding hydrogens is 579 g/mol. The first-order valence-corrected chi connectivity index (χ1v) is 14.6. The largest absolute Gasteiger partial charge is 0.387 e. The molecule has 1 amide bonds. The molecule has 0 fully saturated rings. The van der Waals surface area contributed by atoms with Crippen LogP contribution in [0.1, 0.15) is 16.4 Å². The SMILES string of the molecule is O=C(CO)Nc1ccc(CC(c2ccsc2[N+](=O)[O-])S(=O)(=O)Oc2ccc(N(CCCl)CCCl)cc2)cn1. The van der Waals surface area contributed by atoms with E-state index in [1.807, 2.05) is 4.90 Å². The van der Waals surface area contributed by atoms with E-state index in [1.165, 1.54) is 41.9 Å². The van der Waals surface area contributed by atoms with E-state index < -0.39 is 32.8 Å². The van der Waals surface area contributed by atoms with Crippen molar-refractivity contribution < 1.29 is 27.4 Å². The number of thiophene rings is 1. The minimum absolute atomic E-state index is 0.00956. The van der Waals surface area contributed by atoms with Crippen LogP contribution >= 0.6 is 34.5 Å². The summed E-state index contributed by atoms with van der Waals surface area (Å²) >= 11 is 12.5. The number of nitro groups is 1. The van der Waals surface area contributed by atoms with Gasteiger partial charge in [0.15, 0.2) is 0 Å². The predicted octanol–water partition coefficient (Wildman–Crippen LogP) is 3.96. The Bertz CT molecular complexity index is 1330. The highest BCUT2D eigenvalue weighted by Crippen LogP contribution is 2.38. The lowest BCUT2D eigenvalue weighted by Crippen LogP contribution is -2.27. The molecule has 0 spiro atoms. The van der Waals surface area contributed by atoms with Crippen molar-refractivity contribution >= 4 is 67.1 Å². The Morgan fingerprint density at radius 2 is 1.84 bits per heavy atom. The molecule has 0 saturated heterocycles. The second-order valence-corrected chi connectivity index (χ2v) is 11.2. The number of benzene rings is 1. The van der Waals surface area contributed by atoms with Crippen molar-refractivity contribution in [2.45, 2.75) is 11.7 Å². The highest BCUT2D eigenvalue weighted by molar-refractivity contribution is 7.87. The average Bonchev–Trinajstić information content (AvgIpc) is 3.38. The molecular formula is C23H24Cl2N4O7S2. The third kappa shape index (κ3) is 7.77. The number of nitrogens with zero attached hydrogens (tertiary/aromatic N) is 3. The quantitative estimate of drug-likeness (QED) is 0.121. The number of amides is 1. The molecule has 1 unspecified atom stereocenters.